The zero-order valence-electron chi connectivity index (χ0n) is 22.6. The van der Waals surface area contributed by atoms with Crippen molar-refractivity contribution in [3.8, 4) is 11.5 Å². The molecule has 1 fully saturated rings. The third-order valence-corrected chi connectivity index (χ3v) is 7.42. The Morgan fingerprint density at radius 3 is 2.32 bits per heavy atom. The molecule has 1 amide bonds. The predicted molar refractivity (Wildman–Crippen MR) is 162 cm³/mol. The van der Waals surface area contributed by atoms with Crippen LogP contribution in [0.15, 0.2) is 107 Å². The van der Waals surface area contributed by atoms with E-state index in [4.69, 9.17) is 14.5 Å². The van der Waals surface area contributed by atoms with Crippen LogP contribution < -0.4 is 9.47 Å². The van der Waals surface area contributed by atoms with Crippen molar-refractivity contribution in [2.24, 2.45) is 4.99 Å². The first-order valence-corrected chi connectivity index (χ1v) is 13.7. The quantitative estimate of drug-likeness (QED) is 0.219. The minimum atomic E-state index is -0.997. The number of ether oxygens (including phenoxy) is 2. The maximum absolute atomic E-state index is 13.6. The molecule has 0 spiro atoms. The van der Waals surface area contributed by atoms with Crippen LogP contribution in [0, 0.1) is 6.92 Å². The van der Waals surface area contributed by atoms with Gasteiger partial charge in [0.15, 0.2) is 16.7 Å². The van der Waals surface area contributed by atoms with Crippen molar-refractivity contribution in [2.45, 2.75) is 20.1 Å². The van der Waals surface area contributed by atoms with E-state index in [1.807, 2.05) is 85.8 Å². The van der Waals surface area contributed by atoms with Crippen molar-refractivity contribution in [2.75, 3.05) is 7.11 Å². The van der Waals surface area contributed by atoms with Gasteiger partial charge in [-0.15, -0.1) is 0 Å². The normalized spacial score (nSPS) is 15.0. The summed E-state index contributed by atoms with van der Waals surface area (Å²) in [6, 6.07) is 29.6. The minimum absolute atomic E-state index is 0.189. The molecule has 1 heterocycles. The molecular formula is C33H28N2O5S. The van der Waals surface area contributed by atoms with Crippen LogP contribution >= 0.6 is 11.8 Å². The van der Waals surface area contributed by atoms with Crippen LogP contribution in [0.2, 0.25) is 0 Å². The Labute approximate surface area is 242 Å². The van der Waals surface area contributed by atoms with Crippen molar-refractivity contribution >= 4 is 40.6 Å². The molecule has 1 saturated heterocycles. The molecule has 41 heavy (non-hydrogen) atoms. The average Bonchev–Trinajstić information content (AvgIpc) is 3.26. The van der Waals surface area contributed by atoms with Crippen LogP contribution in [-0.4, -0.2) is 34.2 Å². The molecule has 4 aromatic carbocycles. The van der Waals surface area contributed by atoms with Gasteiger partial charge in [0, 0.05) is 0 Å². The van der Waals surface area contributed by atoms with Crippen LogP contribution in [0.1, 0.15) is 32.6 Å². The fourth-order valence-electron chi connectivity index (χ4n) is 4.17. The van der Waals surface area contributed by atoms with E-state index in [1.165, 1.54) is 29.5 Å². The van der Waals surface area contributed by atoms with Gasteiger partial charge in [-0.2, -0.15) is 0 Å². The summed E-state index contributed by atoms with van der Waals surface area (Å²) in [6.07, 6.45) is 1.81. The van der Waals surface area contributed by atoms with Gasteiger partial charge in [-0.25, -0.2) is 9.79 Å². The third kappa shape index (κ3) is 6.85. The molecule has 5 rings (SSSR count). The maximum atomic E-state index is 13.6. The van der Waals surface area contributed by atoms with Crippen LogP contribution in [0.3, 0.4) is 0 Å². The Balaban J connectivity index is 1.39. The number of nitrogens with zero attached hydrogens (tertiary/aromatic N) is 2. The van der Waals surface area contributed by atoms with Crippen LogP contribution in [0.4, 0.5) is 5.69 Å². The number of aromatic carboxylic acids is 1. The molecule has 0 atom stereocenters. The first kappa shape index (κ1) is 27.7. The van der Waals surface area contributed by atoms with Gasteiger partial charge in [0.1, 0.15) is 6.61 Å². The standard InChI is InChI=1S/C33H28N2O5S/c1-22-8-10-24(11-9-22)21-40-28-17-14-25(18-29(28)39-2)19-30-31(36)35(20-23-12-15-26(16-13-23)32(37)38)33(41-30)34-27-6-4-3-5-7-27/h3-19H,20-21H2,1-2H3,(H,37,38)/b30-19-,34-33?. The van der Waals surface area contributed by atoms with Gasteiger partial charge < -0.3 is 14.6 Å². The topological polar surface area (TPSA) is 88.4 Å². The molecule has 1 aliphatic rings. The molecular weight excluding hydrogens is 536 g/mol. The lowest BCUT2D eigenvalue weighted by atomic mass is 10.1. The number of carbonyl (C=O) groups excluding carboxylic acids is 1. The van der Waals surface area contributed by atoms with E-state index in [9.17, 15) is 14.7 Å². The van der Waals surface area contributed by atoms with Gasteiger partial charge in [-0.1, -0.05) is 66.2 Å². The third-order valence-electron chi connectivity index (χ3n) is 6.41. The number of para-hydroxylation sites is 1. The largest absolute Gasteiger partial charge is 0.493 e. The van der Waals surface area contributed by atoms with Crippen molar-refractivity contribution in [3.05, 3.63) is 130 Å². The van der Waals surface area contributed by atoms with E-state index < -0.39 is 5.97 Å². The summed E-state index contributed by atoms with van der Waals surface area (Å²) >= 11 is 1.29. The first-order chi connectivity index (χ1) is 19.9. The van der Waals surface area contributed by atoms with Crippen LogP contribution in [0.5, 0.6) is 11.5 Å². The van der Waals surface area contributed by atoms with E-state index in [1.54, 1.807) is 24.1 Å². The number of aliphatic imine (C=N–C) groups is 1. The molecule has 1 aliphatic heterocycles. The number of methoxy groups -OCH3 is 1. The Morgan fingerprint density at radius 1 is 0.927 bits per heavy atom. The van der Waals surface area contributed by atoms with Gasteiger partial charge in [-0.05, 0) is 77.9 Å². The monoisotopic (exact) mass is 564 g/mol. The summed E-state index contributed by atoms with van der Waals surface area (Å²) in [5.41, 5.74) is 4.74. The molecule has 206 valence electrons. The molecule has 0 radical (unpaired) electrons. The second-order valence-electron chi connectivity index (χ2n) is 9.42. The fraction of sp³-hybridized carbons (Fsp3) is 0.121. The molecule has 8 heteroatoms. The number of carbonyl (C=O) groups is 2. The molecule has 0 unspecified atom stereocenters. The zero-order chi connectivity index (χ0) is 28.8. The number of amides is 1. The highest BCUT2D eigenvalue weighted by atomic mass is 32.2. The molecule has 0 bridgehead atoms. The van der Waals surface area contributed by atoms with Crippen molar-refractivity contribution in [1.29, 1.82) is 0 Å². The van der Waals surface area contributed by atoms with E-state index >= 15 is 0 Å². The number of hydrogen-bond donors (Lipinski definition) is 1. The number of hydrogen-bond acceptors (Lipinski definition) is 6. The highest BCUT2D eigenvalue weighted by Crippen LogP contribution is 2.37. The summed E-state index contributed by atoms with van der Waals surface area (Å²) in [6.45, 7) is 2.71. The molecule has 0 saturated carbocycles. The van der Waals surface area contributed by atoms with Crippen molar-refractivity contribution in [3.63, 3.8) is 0 Å². The van der Waals surface area contributed by atoms with Crippen molar-refractivity contribution < 1.29 is 24.2 Å². The number of aryl methyl sites for hydroxylation is 1. The molecule has 4 aromatic rings. The number of carboxylic acid groups (broad SMARTS) is 1. The molecule has 0 aliphatic carbocycles. The summed E-state index contributed by atoms with van der Waals surface area (Å²) in [4.78, 5) is 31.7. The number of rotatable bonds is 9. The van der Waals surface area contributed by atoms with Crippen molar-refractivity contribution in [1.82, 2.24) is 4.90 Å². The van der Waals surface area contributed by atoms with Gasteiger partial charge >= 0.3 is 5.97 Å². The lowest BCUT2D eigenvalue weighted by molar-refractivity contribution is -0.122. The minimum Gasteiger partial charge on any atom is -0.493 e. The second kappa shape index (κ2) is 12.6. The molecule has 1 N–H and O–H groups in total. The summed E-state index contributed by atoms with van der Waals surface area (Å²) < 4.78 is 11.6. The Bertz CT molecular complexity index is 1610. The number of amidine groups is 1. The highest BCUT2D eigenvalue weighted by molar-refractivity contribution is 8.18. The first-order valence-electron chi connectivity index (χ1n) is 12.9. The number of benzene rings is 4. The maximum Gasteiger partial charge on any atom is 0.335 e. The number of carboxylic acids is 1. The lowest BCUT2D eigenvalue weighted by Gasteiger charge is -2.16. The summed E-state index contributed by atoms with van der Waals surface area (Å²) in [5.74, 6) is -0.0117. The van der Waals surface area contributed by atoms with Crippen LogP contribution in [0.25, 0.3) is 6.08 Å². The van der Waals surface area contributed by atoms with Gasteiger partial charge in [0.2, 0.25) is 0 Å². The zero-order valence-corrected chi connectivity index (χ0v) is 23.4. The lowest BCUT2D eigenvalue weighted by Crippen LogP contribution is -2.28. The fourth-order valence-corrected chi connectivity index (χ4v) is 5.17. The molecule has 0 aromatic heterocycles. The summed E-state index contributed by atoms with van der Waals surface area (Å²) in [5, 5.41) is 9.76. The highest BCUT2D eigenvalue weighted by Gasteiger charge is 2.33. The van der Waals surface area contributed by atoms with E-state index in [-0.39, 0.29) is 18.0 Å². The Kier molecular flexibility index (Phi) is 8.50. The Morgan fingerprint density at radius 2 is 1.63 bits per heavy atom. The second-order valence-corrected chi connectivity index (χ2v) is 10.4. The Hall–Kier alpha value is -4.82. The van der Waals surface area contributed by atoms with Gasteiger partial charge in [-0.3, -0.25) is 9.69 Å². The summed E-state index contributed by atoms with van der Waals surface area (Å²) in [7, 11) is 1.59. The smallest absolute Gasteiger partial charge is 0.335 e. The van der Waals surface area contributed by atoms with Gasteiger partial charge in [0.25, 0.3) is 5.91 Å². The van der Waals surface area contributed by atoms with E-state index in [0.717, 1.165) is 22.4 Å². The SMILES string of the molecule is COc1cc(/C=C2\SC(=Nc3ccccc3)N(Cc3ccc(C(=O)O)cc3)C2=O)ccc1OCc1ccc(C)cc1. The number of thioether (sulfide) groups is 1. The van der Waals surface area contributed by atoms with E-state index in [0.29, 0.717) is 28.2 Å². The predicted octanol–water partition coefficient (Wildman–Crippen LogP) is 7.09. The molecule has 7 nitrogen and oxygen atoms in total. The van der Waals surface area contributed by atoms with Gasteiger partial charge in [0.05, 0.1) is 29.8 Å². The average molecular weight is 565 g/mol. The van der Waals surface area contributed by atoms with E-state index in [2.05, 4.69) is 0 Å². The van der Waals surface area contributed by atoms with Crippen LogP contribution in [-0.2, 0) is 17.9 Å².